The fourth-order valence-electron chi connectivity index (χ4n) is 4.52. The number of likely N-dealkylation sites (tertiary alicyclic amines) is 1. The third-order valence-corrected chi connectivity index (χ3v) is 5.90. The fourth-order valence-corrected chi connectivity index (χ4v) is 4.52. The second-order valence-corrected chi connectivity index (χ2v) is 7.38. The molecular weight excluding hydrogens is 338 g/mol. The number of hydrogen-bond acceptors (Lipinski definition) is 5. The molecule has 3 aliphatic rings. The maximum absolute atomic E-state index is 12.9. The van der Waals surface area contributed by atoms with E-state index in [9.17, 15) is 4.79 Å². The molecule has 136 valence electrons. The standard InChI is InChI=1S/C21H21N5O/c1-25-11-8-18-16(4-2-5-19(18)25)14-6-7-17-15(12-14)13-24-26(20(17)27)21-22-9-3-10-23-21/h2-5,9-10,12-13,16,18H,6-8,11H2,1H3. The highest BCUT2D eigenvalue weighted by Gasteiger charge is 2.35. The van der Waals surface area contributed by atoms with Gasteiger partial charge in [0.25, 0.3) is 11.5 Å². The van der Waals surface area contributed by atoms with Crippen LogP contribution >= 0.6 is 0 Å². The number of rotatable bonds is 2. The van der Waals surface area contributed by atoms with Crippen molar-refractivity contribution in [1.82, 2.24) is 24.6 Å². The third-order valence-electron chi connectivity index (χ3n) is 5.90. The van der Waals surface area contributed by atoms with Crippen LogP contribution in [0.2, 0.25) is 0 Å². The molecule has 0 bridgehead atoms. The lowest BCUT2D eigenvalue weighted by atomic mass is 9.76. The van der Waals surface area contributed by atoms with Gasteiger partial charge < -0.3 is 4.90 Å². The number of aromatic nitrogens is 4. The van der Waals surface area contributed by atoms with Gasteiger partial charge in [-0.2, -0.15) is 9.78 Å². The van der Waals surface area contributed by atoms with Crippen molar-refractivity contribution in [2.75, 3.05) is 13.6 Å². The van der Waals surface area contributed by atoms with Crippen LogP contribution in [-0.2, 0) is 6.42 Å². The van der Waals surface area contributed by atoms with Gasteiger partial charge in [0.15, 0.2) is 0 Å². The van der Waals surface area contributed by atoms with Crippen LogP contribution in [0.3, 0.4) is 0 Å². The molecule has 0 radical (unpaired) electrons. The monoisotopic (exact) mass is 359 g/mol. The zero-order valence-electron chi connectivity index (χ0n) is 15.2. The number of allylic oxidation sites excluding steroid dienone is 5. The van der Waals surface area contributed by atoms with Gasteiger partial charge in [-0.25, -0.2) is 9.97 Å². The SMILES string of the molecule is CN1CCC2C1=CC=CC2C1=Cc2cnn(-c3ncccn3)c(=O)c2CC1. The summed E-state index contributed by atoms with van der Waals surface area (Å²) < 4.78 is 1.30. The molecular formula is C21H21N5O. The summed E-state index contributed by atoms with van der Waals surface area (Å²) in [4.78, 5) is 23.5. The summed E-state index contributed by atoms with van der Waals surface area (Å²) >= 11 is 0. The van der Waals surface area contributed by atoms with Crippen LogP contribution in [0.25, 0.3) is 12.0 Å². The molecule has 6 nitrogen and oxygen atoms in total. The molecule has 3 heterocycles. The van der Waals surface area contributed by atoms with E-state index in [0.717, 1.165) is 30.5 Å². The zero-order chi connectivity index (χ0) is 18.4. The van der Waals surface area contributed by atoms with E-state index in [1.54, 1.807) is 24.7 Å². The lowest BCUT2D eigenvalue weighted by Gasteiger charge is -2.30. The Bertz CT molecular complexity index is 1030. The minimum absolute atomic E-state index is 0.116. The van der Waals surface area contributed by atoms with Crippen molar-refractivity contribution >= 4 is 6.08 Å². The number of fused-ring (bicyclic) bond motifs is 2. The molecule has 0 N–H and O–H groups in total. The maximum atomic E-state index is 12.9. The summed E-state index contributed by atoms with van der Waals surface area (Å²) in [6.07, 6.45) is 16.8. The molecule has 2 aliphatic carbocycles. The van der Waals surface area contributed by atoms with Gasteiger partial charge in [-0.15, -0.1) is 0 Å². The normalized spacial score (nSPS) is 23.5. The van der Waals surface area contributed by atoms with E-state index in [1.807, 2.05) is 0 Å². The highest BCUT2D eigenvalue weighted by molar-refractivity contribution is 5.60. The maximum Gasteiger partial charge on any atom is 0.278 e. The van der Waals surface area contributed by atoms with Crippen LogP contribution < -0.4 is 5.56 Å². The van der Waals surface area contributed by atoms with Crippen molar-refractivity contribution in [3.05, 3.63) is 75.6 Å². The molecule has 0 aromatic carbocycles. The quantitative estimate of drug-likeness (QED) is 0.824. The predicted octanol–water partition coefficient (Wildman–Crippen LogP) is 2.37. The van der Waals surface area contributed by atoms with Gasteiger partial charge in [0.05, 0.1) is 6.20 Å². The molecule has 2 atom stereocenters. The lowest BCUT2D eigenvalue weighted by Crippen LogP contribution is -2.29. The first-order valence-corrected chi connectivity index (χ1v) is 9.41. The molecule has 0 saturated carbocycles. The third kappa shape index (κ3) is 2.63. The Balaban J connectivity index is 1.51. The molecule has 6 heteroatoms. The molecule has 2 aromatic heterocycles. The highest BCUT2D eigenvalue weighted by atomic mass is 16.1. The summed E-state index contributed by atoms with van der Waals surface area (Å²) in [5.74, 6) is 1.29. The van der Waals surface area contributed by atoms with E-state index < -0.39 is 0 Å². The number of hydrogen-bond donors (Lipinski definition) is 0. The Morgan fingerprint density at radius 1 is 1.19 bits per heavy atom. The second-order valence-electron chi connectivity index (χ2n) is 7.38. The first-order chi connectivity index (χ1) is 13.2. The van der Waals surface area contributed by atoms with E-state index in [-0.39, 0.29) is 5.56 Å². The minimum Gasteiger partial charge on any atom is -0.378 e. The Hall–Kier alpha value is -3.02. The Kier molecular flexibility index (Phi) is 3.77. The van der Waals surface area contributed by atoms with E-state index >= 15 is 0 Å². The lowest BCUT2D eigenvalue weighted by molar-refractivity contribution is 0.456. The van der Waals surface area contributed by atoms with Crippen molar-refractivity contribution in [1.29, 1.82) is 0 Å². The molecule has 1 fully saturated rings. The first-order valence-electron chi connectivity index (χ1n) is 9.41. The summed E-state index contributed by atoms with van der Waals surface area (Å²) in [6.45, 7) is 1.11. The summed E-state index contributed by atoms with van der Waals surface area (Å²) in [7, 11) is 2.17. The molecule has 2 aromatic rings. The topological polar surface area (TPSA) is 63.9 Å². The van der Waals surface area contributed by atoms with Gasteiger partial charge >= 0.3 is 0 Å². The van der Waals surface area contributed by atoms with Gasteiger partial charge in [-0.05, 0) is 31.4 Å². The Labute approximate surface area is 157 Å². The zero-order valence-corrected chi connectivity index (χ0v) is 15.2. The van der Waals surface area contributed by atoms with Gasteiger partial charge in [0, 0.05) is 54.6 Å². The smallest absolute Gasteiger partial charge is 0.278 e. The van der Waals surface area contributed by atoms with Gasteiger partial charge in [0.2, 0.25) is 0 Å². The average molecular weight is 359 g/mol. The molecule has 0 spiro atoms. The Morgan fingerprint density at radius 3 is 2.89 bits per heavy atom. The fraction of sp³-hybridized carbons (Fsp3) is 0.333. The Morgan fingerprint density at radius 2 is 2.04 bits per heavy atom. The van der Waals surface area contributed by atoms with E-state index in [0.29, 0.717) is 17.8 Å². The van der Waals surface area contributed by atoms with E-state index in [4.69, 9.17) is 0 Å². The van der Waals surface area contributed by atoms with Crippen molar-refractivity contribution in [2.45, 2.75) is 19.3 Å². The molecule has 27 heavy (non-hydrogen) atoms. The van der Waals surface area contributed by atoms with E-state index in [1.165, 1.54) is 22.4 Å². The van der Waals surface area contributed by atoms with Crippen LogP contribution in [0.1, 0.15) is 24.0 Å². The van der Waals surface area contributed by atoms with Crippen LogP contribution in [0, 0.1) is 11.8 Å². The highest BCUT2D eigenvalue weighted by Crippen LogP contribution is 2.42. The minimum atomic E-state index is -0.116. The average Bonchev–Trinajstić information content (AvgIpc) is 3.10. The molecule has 5 rings (SSSR count). The van der Waals surface area contributed by atoms with Gasteiger partial charge in [0.1, 0.15) is 0 Å². The van der Waals surface area contributed by atoms with Gasteiger partial charge in [-0.3, -0.25) is 4.79 Å². The van der Waals surface area contributed by atoms with E-state index in [2.05, 4.69) is 51.3 Å². The van der Waals surface area contributed by atoms with Crippen LogP contribution in [-0.4, -0.2) is 38.2 Å². The number of nitrogens with zero attached hydrogens (tertiary/aromatic N) is 5. The molecule has 1 aliphatic heterocycles. The van der Waals surface area contributed by atoms with Crippen molar-refractivity contribution in [3.63, 3.8) is 0 Å². The van der Waals surface area contributed by atoms with Crippen LogP contribution in [0.5, 0.6) is 0 Å². The van der Waals surface area contributed by atoms with Crippen LogP contribution in [0.15, 0.2) is 58.9 Å². The molecule has 1 saturated heterocycles. The summed E-state index contributed by atoms with van der Waals surface area (Å²) in [5.41, 5.74) is 4.46. The second kappa shape index (κ2) is 6.30. The van der Waals surface area contributed by atoms with Crippen molar-refractivity contribution in [2.24, 2.45) is 11.8 Å². The van der Waals surface area contributed by atoms with Crippen molar-refractivity contribution < 1.29 is 0 Å². The van der Waals surface area contributed by atoms with Crippen LogP contribution in [0.4, 0.5) is 0 Å². The first kappa shape index (κ1) is 16.2. The summed E-state index contributed by atoms with van der Waals surface area (Å²) in [5, 5.41) is 4.32. The summed E-state index contributed by atoms with van der Waals surface area (Å²) in [6, 6.07) is 1.73. The largest absolute Gasteiger partial charge is 0.378 e. The molecule has 0 amide bonds. The van der Waals surface area contributed by atoms with Crippen molar-refractivity contribution in [3.8, 4) is 5.95 Å². The van der Waals surface area contributed by atoms with Gasteiger partial charge in [-0.1, -0.05) is 23.8 Å². The molecule has 2 unspecified atom stereocenters. The predicted molar refractivity (Wildman–Crippen MR) is 103 cm³/mol.